The van der Waals surface area contributed by atoms with Crippen LogP contribution in [0.25, 0.3) is 0 Å². The normalized spacial score (nSPS) is 10.6. The summed E-state index contributed by atoms with van der Waals surface area (Å²) in [5.74, 6) is 0.353. The number of rotatable bonds is 6. The predicted octanol–water partition coefficient (Wildman–Crippen LogP) is 3.73. The molecule has 4 nitrogen and oxygen atoms in total. The molecule has 0 spiro atoms. The lowest BCUT2D eigenvalue weighted by Gasteiger charge is -2.07. The highest BCUT2D eigenvalue weighted by atomic mass is 32.2. The van der Waals surface area contributed by atoms with Crippen molar-refractivity contribution in [2.75, 3.05) is 0 Å². The van der Waals surface area contributed by atoms with Crippen LogP contribution in [0.5, 0.6) is 0 Å². The van der Waals surface area contributed by atoms with Gasteiger partial charge in [0.15, 0.2) is 0 Å². The van der Waals surface area contributed by atoms with Crippen LogP contribution in [-0.2, 0) is 12.2 Å². The van der Waals surface area contributed by atoms with Gasteiger partial charge in [-0.3, -0.25) is 0 Å². The Bertz CT molecular complexity index is 644. The second kappa shape index (κ2) is 7.22. The average Bonchev–Trinajstić information content (AvgIpc) is 2.45. The van der Waals surface area contributed by atoms with Crippen molar-refractivity contribution in [1.29, 1.82) is 0 Å². The number of aromatic carboxylic acids is 1. The maximum absolute atomic E-state index is 11.1. The van der Waals surface area contributed by atoms with Gasteiger partial charge < -0.3 is 5.11 Å². The number of nitrogens with zero attached hydrogens (tertiary/aromatic N) is 2. The molecule has 110 valence electrons. The van der Waals surface area contributed by atoms with Gasteiger partial charge in [0.1, 0.15) is 5.82 Å². The molecule has 2 rings (SSSR count). The first-order chi connectivity index (χ1) is 10.1. The smallest absolute Gasteiger partial charge is 0.339 e. The maximum Gasteiger partial charge on any atom is 0.339 e. The molecular formula is C16H18N2O2S. The van der Waals surface area contributed by atoms with Crippen molar-refractivity contribution in [2.45, 2.75) is 37.3 Å². The number of carboxylic acids is 1. The number of hydrogen-bond donors (Lipinski definition) is 1. The van der Waals surface area contributed by atoms with Gasteiger partial charge in [-0.05, 0) is 25.5 Å². The van der Waals surface area contributed by atoms with E-state index in [4.69, 9.17) is 5.11 Å². The molecule has 1 aromatic heterocycles. The summed E-state index contributed by atoms with van der Waals surface area (Å²) in [6.07, 6.45) is 2.94. The highest BCUT2D eigenvalue weighted by Crippen LogP contribution is 2.22. The zero-order valence-electron chi connectivity index (χ0n) is 12.2. The van der Waals surface area contributed by atoms with Crippen molar-refractivity contribution in [2.24, 2.45) is 0 Å². The molecule has 0 aliphatic heterocycles. The fraction of sp³-hybridized carbons (Fsp3) is 0.312. The third kappa shape index (κ3) is 4.29. The van der Waals surface area contributed by atoms with Crippen molar-refractivity contribution in [3.05, 3.63) is 53.1 Å². The Hall–Kier alpha value is -1.88. The number of carboxylic acid groups (broad SMARTS) is 1. The zero-order chi connectivity index (χ0) is 15.2. The van der Waals surface area contributed by atoms with E-state index in [0.29, 0.717) is 23.7 Å². The van der Waals surface area contributed by atoms with E-state index in [1.165, 1.54) is 11.8 Å². The first kappa shape index (κ1) is 15.5. The van der Waals surface area contributed by atoms with Crippen molar-refractivity contribution < 1.29 is 9.90 Å². The van der Waals surface area contributed by atoms with Gasteiger partial charge in [0.05, 0.1) is 17.0 Å². The van der Waals surface area contributed by atoms with Gasteiger partial charge in [-0.15, -0.1) is 11.8 Å². The lowest BCUT2D eigenvalue weighted by molar-refractivity contribution is 0.0694. The van der Waals surface area contributed by atoms with Crippen LogP contribution >= 0.6 is 11.8 Å². The quantitative estimate of drug-likeness (QED) is 0.824. The Morgan fingerprint density at radius 2 is 2.19 bits per heavy atom. The zero-order valence-corrected chi connectivity index (χ0v) is 13.0. The number of aromatic nitrogens is 2. The molecular weight excluding hydrogens is 284 g/mol. The summed E-state index contributed by atoms with van der Waals surface area (Å²) in [6.45, 7) is 4.07. The summed E-state index contributed by atoms with van der Waals surface area (Å²) in [7, 11) is 0. The highest BCUT2D eigenvalue weighted by molar-refractivity contribution is 7.98. The van der Waals surface area contributed by atoms with Crippen LogP contribution in [0.4, 0.5) is 0 Å². The second-order valence-corrected chi connectivity index (χ2v) is 5.86. The lowest BCUT2D eigenvalue weighted by Crippen LogP contribution is -2.08. The molecule has 0 saturated heterocycles. The predicted molar refractivity (Wildman–Crippen MR) is 83.7 cm³/mol. The van der Waals surface area contributed by atoms with E-state index in [2.05, 4.69) is 35.1 Å². The molecule has 0 radical (unpaired) electrons. The molecule has 1 N–H and O–H groups in total. The van der Waals surface area contributed by atoms with E-state index >= 15 is 0 Å². The Morgan fingerprint density at radius 3 is 2.86 bits per heavy atom. The van der Waals surface area contributed by atoms with Gasteiger partial charge in [0.25, 0.3) is 0 Å². The second-order valence-electron chi connectivity index (χ2n) is 4.81. The van der Waals surface area contributed by atoms with E-state index in [0.717, 1.165) is 11.3 Å². The number of benzene rings is 1. The monoisotopic (exact) mass is 302 g/mol. The van der Waals surface area contributed by atoms with Gasteiger partial charge in [0.2, 0.25) is 0 Å². The molecule has 0 aliphatic carbocycles. The van der Waals surface area contributed by atoms with Gasteiger partial charge in [-0.25, -0.2) is 14.8 Å². The molecule has 0 amide bonds. The fourth-order valence-corrected chi connectivity index (χ4v) is 2.87. The molecule has 5 heteroatoms. The van der Waals surface area contributed by atoms with Crippen LogP contribution in [0.1, 0.15) is 40.8 Å². The molecule has 1 heterocycles. The summed E-state index contributed by atoms with van der Waals surface area (Å²) >= 11 is 1.66. The minimum absolute atomic E-state index is 0.209. The molecule has 0 atom stereocenters. The highest BCUT2D eigenvalue weighted by Gasteiger charge is 2.13. The summed E-state index contributed by atoms with van der Waals surface area (Å²) in [5, 5.41) is 9.14. The van der Waals surface area contributed by atoms with E-state index in [9.17, 15) is 4.79 Å². The Morgan fingerprint density at radius 1 is 1.38 bits per heavy atom. The van der Waals surface area contributed by atoms with E-state index in [1.807, 2.05) is 13.0 Å². The van der Waals surface area contributed by atoms with Gasteiger partial charge in [-0.2, -0.15) is 0 Å². The van der Waals surface area contributed by atoms with Gasteiger partial charge in [-0.1, -0.05) is 31.0 Å². The third-order valence-electron chi connectivity index (χ3n) is 2.99. The Balaban J connectivity index is 2.13. The summed E-state index contributed by atoms with van der Waals surface area (Å²) in [4.78, 5) is 20.9. The molecule has 2 aromatic rings. The number of carbonyl (C=O) groups is 1. The minimum atomic E-state index is -0.962. The van der Waals surface area contributed by atoms with E-state index in [-0.39, 0.29) is 5.56 Å². The average molecular weight is 302 g/mol. The molecule has 0 aliphatic rings. The van der Waals surface area contributed by atoms with Crippen molar-refractivity contribution in [3.8, 4) is 0 Å². The van der Waals surface area contributed by atoms with Crippen LogP contribution in [0.15, 0.2) is 35.4 Å². The molecule has 21 heavy (non-hydrogen) atoms. The van der Waals surface area contributed by atoms with E-state index in [1.54, 1.807) is 11.8 Å². The summed E-state index contributed by atoms with van der Waals surface area (Å²) in [5.41, 5.74) is 2.05. The fourth-order valence-electron chi connectivity index (χ4n) is 1.99. The first-order valence-corrected chi connectivity index (χ1v) is 7.86. The van der Waals surface area contributed by atoms with Crippen LogP contribution in [0, 0.1) is 6.92 Å². The standard InChI is InChI=1S/C16H18N2O2S/c1-3-5-14-13(16(19)20)9-17-15(18-14)10-21-12-7-4-6-11(2)8-12/h4,6-9H,3,5,10H2,1-2H3,(H,19,20). The molecule has 1 aromatic carbocycles. The van der Waals surface area contributed by atoms with Gasteiger partial charge >= 0.3 is 5.97 Å². The van der Waals surface area contributed by atoms with E-state index < -0.39 is 5.97 Å². The lowest BCUT2D eigenvalue weighted by atomic mass is 10.1. The van der Waals surface area contributed by atoms with Crippen LogP contribution in [0.2, 0.25) is 0 Å². The molecule has 0 saturated carbocycles. The van der Waals surface area contributed by atoms with Crippen molar-refractivity contribution in [1.82, 2.24) is 9.97 Å². The number of thioether (sulfide) groups is 1. The minimum Gasteiger partial charge on any atom is -0.478 e. The van der Waals surface area contributed by atoms with Gasteiger partial charge in [0, 0.05) is 11.1 Å². The molecule has 0 fully saturated rings. The molecule has 0 bridgehead atoms. The van der Waals surface area contributed by atoms with Crippen molar-refractivity contribution in [3.63, 3.8) is 0 Å². The molecule has 0 unspecified atom stereocenters. The summed E-state index contributed by atoms with van der Waals surface area (Å²) in [6, 6.07) is 8.25. The SMILES string of the molecule is CCCc1nc(CSc2cccc(C)c2)ncc1C(=O)O. The largest absolute Gasteiger partial charge is 0.478 e. The van der Waals surface area contributed by atoms with Crippen LogP contribution < -0.4 is 0 Å². The van der Waals surface area contributed by atoms with Crippen molar-refractivity contribution >= 4 is 17.7 Å². The first-order valence-electron chi connectivity index (χ1n) is 6.87. The number of aryl methyl sites for hydroxylation is 2. The number of hydrogen-bond acceptors (Lipinski definition) is 4. The van der Waals surface area contributed by atoms with Crippen LogP contribution in [-0.4, -0.2) is 21.0 Å². The maximum atomic E-state index is 11.1. The third-order valence-corrected chi connectivity index (χ3v) is 3.98. The Kier molecular flexibility index (Phi) is 5.33. The van der Waals surface area contributed by atoms with Crippen LogP contribution in [0.3, 0.4) is 0 Å². The Labute approximate surface area is 128 Å². The summed E-state index contributed by atoms with van der Waals surface area (Å²) < 4.78 is 0. The topological polar surface area (TPSA) is 63.1 Å².